The summed E-state index contributed by atoms with van der Waals surface area (Å²) in [5.74, 6) is -0.0394. The number of carbonyl (C=O) groups excluding carboxylic acids is 2. The fourth-order valence-electron chi connectivity index (χ4n) is 3.69. The lowest BCUT2D eigenvalue weighted by Crippen LogP contribution is -2.32. The van der Waals surface area contributed by atoms with Gasteiger partial charge < -0.3 is 9.80 Å². The zero-order valence-corrected chi connectivity index (χ0v) is 17.4. The molecule has 28 heavy (non-hydrogen) atoms. The molecule has 2 heterocycles. The molecule has 154 valence electrons. The summed E-state index contributed by atoms with van der Waals surface area (Å²) >= 11 is 0. The lowest BCUT2D eigenvalue weighted by molar-refractivity contribution is -0.132. The Hall–Kier alpha value is -1.93. The van der Waals surface area contributed by atoms with Gasteiger partial charge >= 0.3 is 0 Å². The van der Waals surface area contributed by atoms with Gasteiger partial charge in [-0.15, -0.1) is 0 Å². The Morgan fingerprint density at radius 3 is 2.46 bits per heavy atom. The molecule has 1 N–H and O–H groups in total. The highest BCUT2D eigenvalue weighted by molar-refractivity contribution is 7.89. The van der Waals surface area contributed by atoms with Gasteiger partial charge in [-0.2, -0.15) is 0 Å². The predicted octanol–water partition coefficient (Wildman–Crippen LogP) is 2.06. The van der Waals surface area contributed by atoms with Crippen molar-refractivity contribution in [2.24, 2.45) is 0 Å². The average Bonchev–Trinajstić information content (AvgIpc) is 3.34. The van der Waals surface area contributed by atoms with E-state index in [-0.39, 0.29) is 35.6 Å². The van der Waals surface area contributed by atoms with Crippen LogP contribution in [-0.2, 0) is 26.0 Å². The second-order valence-corrected chi connectivity index (χ2v) is 9.32. The zero-order chi connectivity index (χ0) is 20.3. The van der Waals surface area contributed by atoms with E-state index < -0.39 is 10.0 Å². The second kappa shape index (κ2) is 8.61. The van der Waals surface area contributed by atoms with E-state index in [1.165, 1.54) is 0 Å². The number of anilines is 1. The van der Waals surface area contributed by atoms with E-state index in [4.69, 9.17) is 0 Å². The molecule has 0 bridgehead atoms. The summed E-state index contributed by atoms with van der Waals surface area (Å²) in [6, 6.07) is 4.77. The van der Waals surface area contributed by atoms with Crippen LogP contribution in [0.25, 0.3) is 0 Å². The molecule has 2 amide bonds. The summed E-state index contributed by atoms with van der Waals surface area (Å²) in [6.45, 7) is 5.86. The van der Waals surface area contributed by atoms with Crippen LogP contribution >= 0.6 is 0 Å². The van der Waals surface area contributed by atoms with Crippen molar-refractivity contribution in [1.82, 2.24) is 9.62 Å². The summed E-state index contributed by atoms with van der Waals surface area (Å²) in [6.07, 6.45) is 3.82. The fourth-order valence-corrected chi connectivity index (χ4v) is 5.07. The number of benzene rings is 1. The Balaban J connectivity index is 1.65. The molecule has 7 nitrogen and oxygen atoms in total. The van der Waals surface area contributed by atoms with Gasteiger partial charge in [0.05, 0.1) is 4.90 Å². The first-order chi connectivity index (χ1) is 13.3. The molecule has 1 fully saturated rings. The number of rotatable bonds is 7. The molecule has 1 saturated heterocycles. The second-order valence-electron chi connectivity index (χ2n) is 7.60. The fraction of sp³-hybridized carbons (Fsp3) is 0.600. The Morgan fingerprint density at radius 2 is 1.79 bits per heavy atom. The van der Waals surface area contributed by atoms with Crippen molar-refractivity contribution >= 4 is 27.5 Å². The topological polar surface area (TPSA) is 86.8 Å². The molecular formula is C20H29N3O4S. The molecule has 0 radical (unpaired) electrons. The van der Waals surface area contributed by atoms with Crippen LogP contribution in [0.5, 0.6) is 0 Å². The molecule has 0 aliphatic carbocycles. The lowest BCUT2D eigenvalue weighted by Gasteiger charge is -2.19. The third-order valence-electron chi connectivity index (χ3n) is 5.54. The van der Waals surface area contributed by atoms with Crippen LogP contribution in [0.4, 0.5) is 5.69 Å². The molecular weight excluding hydrogens is 378 g/mol. The smallest absolute Gasteiger partial charge is 0.240 e. The minimum Gasteiger partial charge on any atom is -0.343 e. The maximum absolute atomic E-state index is 12.6. The number of amides is 2. The first-order valence-corrected chi connectivity index (χ1v) is 11.5. The van der Waals surface area contributed by atoms with Gasteiger partial charge in [-0.05, 0) is 56.4 Å². The van der Waals surface area contributed by atoms with Crippen LogP contribution in [-0.4, -0.2) is 50.8 Å². The maximum Gasteiger partial charge on any atom is 0.240 e. The van der Waals surface area contributed by atoms with Gasteiger partial charge in [0.25, 0.3) is 0 Å². The summed E-state index contributed by atoms with van der Waals surface area (Å²) in [4.78, 5) is 28.5. The first-order valence-electron chi connectivity index (χ1n) is 10.0. The van der Waals surface area contributed by atoms with Crippen molar-refractivity contribution in [3.05, 3.63) is 23.8 Å². The Morgan fingerprint density at radius 1 is 1.11 bits per heavy atom. The molecule has 1 aromatic carbocycles. The van der Waals surface area contributed by atoms with Gasteiger partial charge in [0.1, 0.15) is 0 Å². The van der Waals surface area contributed by atoms with Crippen LogP contribution in [0, 0.1) is 0 Å². The zero-order valence-electron chi connectivity index (χ0n) is 16.6. The summed E-state index contributed by atoms with van der Waals surface area (Å²) < 4.78 is 27.6. The molecule has 1 aromatic rings. The standard InChI is InChI=1S/C20H29N3O4S/c1-3-15(2)21-28(26,27)17-6-7-18-16(14-17)10-13-23(18)20(25)9-8-19(24)22-11-4-5-12-22/h6-7,14-15,21H,3-5,8-13H2,1-2H3. The number of sulfonamides is 1. The van der Waals surface area contributed by atoms with E-state index in [1.54, 1.807) is 23.1 Å². The molecule has 2 aliphatic rings. The Labute approximate surface area is 167 Å². The van der Waals surface area contributed by atoms with Crippen molar-refractivity contribution in [1.29, 1.82) is 0 Å². The maximum atomic E-state index is 12.6. The van der Waals surface area contributed by atoms with Crippen molar-refractivity contribution < 1.29 is 18.0 Å². The molecule has 0 spiro atoms. The highest BCUT2D eigenvalue weighted by atomic mass is 32.2. The minimum absolute atomic E-state index is 0.0443. The van der Waals surface area contributed by atoms with Gasteiger partial charge in [-0.1, -0.05) is 6.92 Å². The molecule has 3 rings (SSSR count). The number of hydrogen-bond donors (Lipinski definition) is 1. The monoisotopic (exact) mass is 407 g/mol. The largest absolute Gasteiger partial charge is 0.343 e. The van der Waals surface area contributed by atoms with Crippen LogP contribution in [0.1, 0.15) is 51.5 Å². The lowest BCUT2D eigenvalue weighted by atomic mass is 10.2. The quantitative estimate of drug-likeness (QED) is 0.749. The van der Waals surface area contributed by atoms with E-state index in [2.05, 4.69) is 4.72 Å². The number of likely N-dealkylation sites (tertiary alicyclic amines) is 1. The van der Waals surface area contributed by atoms with E-state index in [0.29, 0.717) is 19.4 Å². The van der Waals surface area contributed by atoms with E-state index >= 15 is 0 Å². The molecule has 2 aliphatic heterocycles. The summed E-state index contributed by atoms with van der Waals surface area (Å²) in [7, 11) is -3.57. The van der Waals surface area contributed by atoms with E-state index in [1.807, 2.05) is 18.7 Å². The van der Waals surface area contributed by atoms with Crippen molar-refractivity contribution in [2.45, 2.75) is 63.3 Å². The SMILES string of the molecule is CCC(C)NS(=O)(=O)c1ccc2c(c1)CCN2C(=O)CCC(=O)N1CCCC1. The molecule has 0 aromatic heterocycles. The molecule has 1 unspecified atom stereocenters. The van der Waals surface area contributed by atoms with Crippen molar-refractivity contribution in [3.63, 3.8) is 0 Å². The predicted molar refractivity (Wildman–Crippen MR) is 108 cm³/mol. The Kier molecular flexibility index (Phi) is 6.40. The van der Waals surface area contributed by atoms with Gasteiger partial charge in [0, 0.05) is 44.2 Å². The van der Waals surface area contributed by atoms with Gasteiger partial charge in [0.2, 0.25) is 21.8 Å². The van der Waals surface area contributed by atoms with Gasteiger partial charge in [0.15, 0.2) is 0 Å². The number of fused-ring (bicyclic) bond motifs is 1. The number of nitrogens with zero attached hydrogens (tertiary/aromatic N) is 2. The highest BCUT2D eigenvalue weighted by Crippen LogP contribution is 2.31. The van der Waals surface area contributed by atoms with Crippen LogP contribution in [0.3, 0.4) is 0 Å². The summed E-state index contributed by atoms with van der Waals surface area (Å²) in [5, 5.41) is 0. The average molecular weight is 408 g/mol. The summed E-state index contributed by atoms with van der Waals surface area (Å²) in [5.41, 5.74) is 1.60. The Bertz CT molecular complexity index is 847. The highest BCUT2D eigenvalue weighted by Gasteiger charge is 2.28. The molecule has 1 atom stereocenters. The third-order valence-corrected chi connectivity index (χ3v) is 7.13. The molecule has 8 heteroatoms. The van der Waals surface area contributed by atoms with E-state index in [0.717, 1.165) is 37.2 Å². The van der Waals surface area contributed by atoms with Gasteiger partial charge in [-0.3, -0.25) is 9.59 Å². The normalized spacial score (nSPS) is 17.6. The number of hydrogen-bond acceptors (Lipinski definition) is 4. The van der Waals surface area contributed by atoms with Gasteiger partial charge in [-0.25, -0.2) is 13.1 Å². The first kappa shape index (κ1) is 20.8. The van der Waals surface area contributed by atoms with Crippen molar-refractivity contribution in [2.75, 3.05) is 24.5 Å². The number of carbonyl (C=O) groups is 2. The van der Waals surface area contributed by atoms with Crippen LogP contribution < -0.4 is 9.62 Å². The van der Waals surface area contributed by atoms with Crippen LogP contribution in [0.2, 0.25) is 0 Å². The number of nitrogens with one attached hydrogen (secondary N) is 1. The van der Waals surface area contributed by atoms with Crippen LogP contribution in [0.15, 0.2) is 23.1 Å². The minimum atomic E-state index is -3.57. The molecule has 0 saturated carbocycles. The van der Waals surface area contributed by atoms with Crippen molar-refractivity contribution in [3.8, 4) is 0 Å². The van der Waals surface area contributed by atoms with E-state index in [9.17, 15) is 18.0 Å². The third kappa shape index (κ3) is 4.55.